The van der Waals surface area contributed by atoms with Crippen molar-refractivity contribution in [1.29, 1.82) is 0 Å². The zero-order valence-electron chi connectivity index (χ0n) is 18.1. The molecule has 0 saturated heterocycles. The fourth-order valence-electron chi connectivity index (χ4n) is 2.91. The van der Waals surface area contributed by atoms with Crippen LogP contribution >= 0.6 is 11.6 Å². The molecule has 0 bridgehead atoms. The summed E-state index contributed by atoms with van der Waals surface area (Å²) in [5, 5.41) is 3.24. The van der Waals surface area contributed by atoms with Gasteiger partial charge in [0.1, 0.15) is 5.75 Å². The predicted molar refractivity (Wildman–Crippen MR) is 128 cm³/mol. The summed E-state index contributed by atoms with van der Waals surface area (Å²) in [4.78, 5) is 12.7. The number of nitrogens with one attached hydrogen (secondary N) is 2. The van der Waals surface area contributed by atoms with Crippen molar-refractivity contribution < 1.29 is 17.9 Å². The quantitative estimate of drug-likeness (QED) is 0.450. The fourth-order valence-corrected chi connectivity index (χ4v) is 4.14. The number of sulfonamides is 1. The van der Waals surface area contributed by atoms with Crippen LogP contribution < -0.4 is 14.8 Å². The van der Waals surface area contributed by atoms with Gasteiger partial charge in [-0.2, -0.15) is 0 Å². The van der Waals surface area contributed by atoms with Gasteiger partial charge in [0.25, 0.3) is 15.9 Å². The monoisotopic (exact) mass is 472 g/mol. The van der Waals surface area contributed by atoms with E-state index in [0.29, 0.717) is 28.6 Å². The molecule has 1 amide bonds. The van der Waals surface area contributed by atoms with Crippen LogP contribution in [0.4, 0.5) is 11.4 Å². The third-order valence-electron chi connectivity index (χ3n) is 4.82. The van der Waals surface area contributed by atoms with Crippen LogP contribution in [0.25, 0.3) is 0 Å². The van der Waals surface area contributed by atoms with Crippen molar-refractivity contribution in [2.75, 3.05) is 10.0 Å². The molecule has 0 fully saturated rings. The number of anilines is 2. The van der Waals surface area contributed by atoms with Crippen molar-refractivity contribution in [2.45, 2.75) is 38.2 Å². The van der Waals surface area contributed by atoms with E-state index in [-0.39, 0.29) is 10.8 Å². The number of ether oxygens (including phenoxy) is 1. The van der Waals surface area contributed by atoms with E-state index in [1.165, 1.54) is 24.3 Å². The molecule has 1 atom stereocenters. The Morgan fingerprint density at radius 3 is 2.19 bits per heavy atom. The molecule has 0 aromatic heterocycles. The van der Waals surface area contributed by atoms with Crippen molar-refractivity contribution in [3.05, 3.63) is 82.9 Å². The molecule has 8 heteroatoms. The minimum absolute atomic E-state index is 0.0649. The first-order valence-corrected chi connectivity index (χ1v) is 12.0. The molecule has 0 aliphatic rings. The maximum absolute atomic E-state index is 12.7. The summed E-state index contributed by atoms with van der Waals surface area (Å²) >= 11 is 6.07. The first-order chi connectivity index (χ1) is 15.2. The zero-order chi connectivity index (χ0) is 23.3. The summed E-state index contributed by atoms with van der Waals surface area (Å²) in [6.07, 6.45) is -0.191. The average molecular weight is 473 g/mol. The van der Waals surface area contributed by atoms with E-state index in [4.69, 9.17) is 16.3 Å². The number of benzene rings is 3. The number of carbonyl (C=O) groups excluding carboxylic acids is 1. The number of rotatable bonds is 8. The lowest BCUT2D eigenvalue weighted by Crippen LogP contribution is -2.32. The molecular formula is C24H25ClN2O4S. The van der Waals surface area contributed by atoms with E-state index in [9.17, 15) is 13.2 Å². The first-order valence-electron chi connectivity index (χ1n) is 10.1. The summed E-state index contributed by atoms with van der Waals surface area (Å²) < 4.78 is 33.6. The Kier molecular flexibility index (Phi) is 7.43. The molecular weight excluding hydrogens is 448 g/mol. The largest absolute Gasteiger partial charge is 0.481 e. The first kappa shape index (κ1) is 23.6. The van der Waals surface area contributed by atoms with Gasteiger partial charge in [-0.15, -0.1) is 0 Å². The standard InChI is InChI=1S/C24H25ClN2O4S/c1-4-23(31-20-11-5-16(2)6-12-20)24(28)26-18-9-13-21(14-10-18)32(29,30)27-19-8-7-17(3)22(25)15-19/h5-15,23,27H,4H2,1-3H3,(H,26,28)/t23-/m1/s1. The SMILES string of the molecule is CC[C@@H](Oc1ccc(C)cc1)C(=O)Nc1ccc(S(=O)(=O)Nc2ccc(C)c(Cl)c2)cc1. The smallest absolute Gasteiger partial charge is 0.265 e. The molecule has 0 spiro atoms. The van der Waals surface area contributed by atoms with Gasteiger partial charge in [-0.25, -0.2) is 8.42 Å². The van der Waals surface area contributed by atoms with Gasteiger partial charge in [0.2, 0.25) is 0 Å². The van der Waals surface area contributed by atoms with Crippen LogP contribution in [0.5, 0.6) is 5.75 Å². The van der Waals surface area contributed by atoms with Gasteiger partial charge in [-0.1, -0.05) is 42.3 Å². The zero-order valence-corrected chi connectivity index (χ0v) is 19.6. The highest BCUT2D eigenvalue weighted by Gasteiger charge is 2.19. The van der Waals surface area contributed by atoms with Crippen molar-refractivity contribution in [2.24, 2.45) is 0 Å². The number of aryl methyl sites for hydroxylation is 2. The molecule has 0 saturated carbocycles. The number of carbonyl (C=O) groups is 1. The lowest BCUT2D eigenvalue weighted by molar-refractivity contribution is -0.122. The summed E-state index contributed by atoms with van der Waals surface area (Å²) in [5.74, 6) is 0.303. The lowest BCUT2D eigenvalue weighted by atomic mass is 10.2. The Hall–Kier alpha value is -3.03. The van der Waals surface area contributed by atoms with Gasteiger partial charge < -0.3 is 10.1 Å². The molecule has 32 heavy (non-hydrogen) atoms. The normalized spacial score (nSPS) is 12.1. The van der Waals surface area contributed by atoms with Crippen molar-refractivity contribution in [3.63, 3.8) is 0 Å². The van der Waals surface area contributed by atoms with Gasteiger partial charge in [0.05, 0.1) is 10.6 Å². The summed E-state index contributed by atoms with van der Waals surface area (Å²) in [6, 6.07) is 18.3. The summed E-state index contributed by atoms with van der Waals surface area (Å²) in [7, 11) is -3.80. The fraction of sp³-hybridized carbons (Fsp3) is 0.208. The average Bonchev–Trinajstić information content (AvgIpc) is 2.76. The van der Waals surface area contributed by atoms with Crippen molar-refractivity contribution in [1.82, 2.24) is 0 Å². The third kappa shape index (κ3) is 6.02. The van der Waals surface area contributed by atoms with Crippen LogP contribution in [0.3, 0.4) is 0 Å². The maximum Gasteiger partial charge on any atom is 0.265 e. The van der Waals surface area contributed by atoms with Crippen LogP contribution in [0.1, 0.15) is 24.5 Å². The van der Waals surface area contributed by atoms with Crippen LogP contribution in [0, 0.1) is 13.8 Å². The molecule has 0 aliphatic heterocycles. The Morgan fingerprint density at radius 2 is 1.59 bits per heavy atom. The van der Waals surface area contributed by atoms with Crippen LogP contribution in [-0.4, -0.2) is 20.4 Å². The maximum atomic E-state index is 12.7. The van der Waals surface area contributed by atoms with E-state index < -0.39 is 16.1 Å². The molecule has 2 N–H and O–H groups in total. The van der Waals surface area contributed by atoms with E-state index >= 15 is 0 Å². The van der Waals surface area contributed by atoms with Gasteiger partial charge >= 0.3 is 0 Å². The number of hydrogen-bond donors (Lipinski definition) is 2. The van der Waals surface area contributed by atoms with E-state index in [1.807, 2.05) is 45.0 Å². The Bertz CT molecular complexity index is 1190. The minimum atomic E-state index is -3.80. The third-order valence-corrected chi connectivity index (χ3v) is 6.62. The van der Waals surface area contributed by atoms with E-state index in [1.54, 1.807) is 18.2 Å². The second-order valence-electron chi connectivity index (χ2n) is 7.41. The van der Waals surface area contributed by atoms with Gasteiger partial charge in [0, 0.05) is 10.7 Å². The van der Waals surface area contributed by atoms with Crippen molar-refractivity contribution in [3.8, 4) is 5.75 Å². The van der Waals surface area contributed by atoms with Crippen LogP contribution in [0.2, 0.25) is 5.02 Å². The van der Waals surface area contributed by atoms with Gasteiger partial charge in [0.15, 0.2) is 6.10 Å². The second-order valence-corrected chi connectivity index (χ2v) is 9.50. The highest BCUT2D eigenvalue weighted by atomic mass is 35.5. The van der Waals surface area contributed by atoms with Crippen molar-refractivity contribution >= 4 is 38.9 Å². The van der Waals surface area contributed by atoms with Gasteiger partial charge in [-0.05, 0) is 74.4 Å². The molecule has 0 radical (unpaired) electrons. The molecule has 0 unspecified atom stereocenters. The van der Waals surface area contributed by atoms with Gasteiger partial charge in [-0.3, -0.25) is 9.52 Å². The minimum Gasteiger partial charge on any atom is -0.481 e. The molecule has 6 nitrogen and oxygen atoms in total. The molecule has 3 rings (SSSR count). The molecule has 0 aliphatic carbocycles. The Labute approximate surface area is 193 Å². The molecule has 168 valence electrons. The summed E-state index contributed by atoms with van der Waals surface area (Å²) in [5.41, 5.74) is 2.80. The summed E-state index contributed by atoms with van der Waals surface area (Å²) in [6.45, 7) is 5.67. The highest BCUT2D eigenvalue weighted by molar-refractivity contribution is 7.92. The van der Waals surface area contributed by atoms with Crippen LogP contribution in [0.15, 0.2) is 71.6 Å². The number of hydrogen-bond acceptors (Lipinski definition) is 4. The van der Waals surface area contributed by atoms with E-state index in [2.05, 4.69) is 10.0 Å². The van der Waals surface area contributed by atoms with Crippen LogP contribution in [-0.2, 0) is 14.8 Å². The molecule has 3 aromatic carbocycles. The van der Waals surface area contributed by atoms with E-state index in [0.717, 1.165) is 11.1 Å². The second kappa shape index (κ2) is 10.1. The topological polar surface area (TPSA) is 84.5 Å². The molecule has 0 heterocycles. The highest BCUT2D eigenvalue weighted by Crippen LogP contribution is 2.23. The Balaban J connectivity index is 1.66. The molecule has 3 aromatic rings. The Morgan fingerprint density at radius 1 is 0.969 bits per heavy atom. The number of amides is 1. The number of halogens is 1. The predicted octanol–water partition coefficient (Wildman–Crippen LogP) is 5.55. The lowest BCUT2D eigenvalue weighted by Gasteiger charge is -2.17.